The smallest absolute Gasteiger partial charge is 0.322 e. The van der Waals surface area contributed by atoms with Crippen LogP contribution in [0.15, 0.2) is 28.8 Å². The van der Waals surface area contributed by atoms with Gasteiger partial charge in [-0.3, -0.25) is 4.79 Å². The van der Waals surface area contributed by atoms with Gasteiger partial charge in [0.25, 0.3) is 0 Å². The molecule has 8 heteroatoms. The zero-order valence-corrected chi connectivity index (χ0v) is 11.9. The van der Waals surface area contributed by atoms with E-state index < -0.39 is 22.0 Å². The highest BCUT2D eigenvalue weighted by atomic mass is 32.2. The van der Waals surface area contributed by atoms with Gasteiger partial charge in [-0.05, 0) is 25.0 Å². The standard InChI is InChI=1S/C13H14N2O5S/c16-13(17)11-5-3-7-15(11)21(18,19)8-10-9-4-1-2-6-12(9)20-14-10/h1-2,4,6,11H,3,5,7-8H2,(H,16,17). The zero-order valence-electron chi connectivity index (χ0n) is 11.1. The number of carbonyl (C=O) groups is 1. The van der Waals surface area contributed by atoms with Gasteiger partial charge in [0, 0.05) is 11.9 Å². The molecule has 1 N–H and O–H groups in total. The second-order valence-corrected chi connectivity index (χ2v) is 6.91. The van der Waals surface area contributed by atoms with Crippen molar-refractivity contribution in [3.63, 3.8) is 0 Å². The summed E-state index contributed by atoms with van der Waals surface area (Å²) >= 11 is 0. The van der Waals surface area contributed by atoms with E-state index in [9.17, 15) is 13.2 Å². The van der Waals surface area contributed by atoms with Crippen molar-refractivity contribution in [1.29, 1.82) is 0 Å². The number of benzene rings is 1. The minimum absolute atomic E-state index is 0.231. The summed E-state index contributed by atoms with van der Waals surface area (Å²) in [4.78, 5) is 11.1. The van der Waals surface area contributed by atoms with Crippen molar-refractivity contribution in [2.75, 3.05) is 6.54 Å². The van der Waals surface area contributed by atoms with Crippen LogP contribution in [0.25, 0.3) is 11.0 Å². The lowest BCUT2D eigenvalue weighted by molar-refractivity contribution is -0.140. The molecule has 7 nitrogen and oxygen atoms in total. The summed E-state index contributed by atoms with van der Waals surface area (Å²) in [6.45, 7) is 0.231. The summed E-state index contributed by atoms with van der Waals surface area (Å²) in [7, 11) is -3.74. The average molecular weight is 310 g/mol. The summed E-state index contributed by atoms with van der Waals surface area (Å²) in [5, 5.41) is 13.5. The third kappa shape index (κ3) is 2.52. The maximum absolute atomic E-state index is 12.4. The molecule has 0 spiro atoms. The number of carboxylic acids is 1. The summed E-state index contributed by atoms with van der Waals surface area (Å²) in [6.07, 6.45) is 0.893. The first-order valence-electron chi connectivity index (χ1n) is 6.54. The summed E-state index contributed by atoms with van der Waals surface area (Å²) < 4.78 is 31.0. The number of fused-ring (bicyclic) bond motifs is 1. The molecule has 0 amide bonds. The van der Waals surface area contributed by atoms with E-state index in [1.54, 1.807) is 24.3 Å². The molecule has 1 aliphatic rings. The summed E-state index contributed by atoms with van der Waals surface area (Å²) in [6, 6.07) is 6.00. The Balaban J connectivity index is 1.91. The maximum Gasteiger partial charge on any atom is 0.322 e. The quantitative estimate of drug-likeness (QED) is 0.911. The molecule has 2 aromatic rings. The predicted molar refractivity (Wildman–Crippen MR) is 74.0 cm³/mol. The molecule has 0 saturated carbocycles. The van der Waals surface area contributed by atoms with Gasteiger partial charge in [-0.2, -0.15) is 4.31 Å². The van der Waals surface area contributed by atoms with Crippen molar-refractivity contribution in [3.8, 4) is 0 Å². The third-order valence-corrected chi connectivity index (χ3v) is 5.41. The lowest BCUT2D eigenvalue weighted by Gasteiger charge is -2.20. The Morgan fingerprint density at radius 2 is 2.19 bits per heavy atom. The molecule has 1 saturated heterocycles. The van der Waals surface area contributed by atoms with E-state index in [4.69, 9.17) is 9.63 Å². The van der Waals surface area contributed by atoms with E-state index in [0.717, 1.165) is 4.31 Å². The van der Waals surface area contributed by atoms with E-state index in [1.165, 1.54) is 0 Å². The van der Waals surface area contributed by atoms with Crippen LogP contribution in [0.3, 0.4) is 0 Å². The zero-order chi connectivity index (χ0) is 15.0. The fourth-order valence-electron chi connectivity index (χ4n) is 2.62. The van der Waals surface area contributed by atoms with Gasteiger partial charge < -0.3 is 9.63 Å². The van der Waals surface area contributed by atoms with Gasteiger partial charge in [0.2, 0.25) is 10.0 Å². The maximum atomic E-state index is 12.4. The van der Waals surface area contributed by atoms with E-state index in [2.05, 4.69) is 5.16 Å². The van der Waals surface area contributed by atoms with E-state index in [-0.39, 0.29) is 12.3 Å². The first-order valence-corrected chi connectivity index (χ1v) is 8.15. The Hall–Kier alpha value is -1.93. The Labute approximate surface area is 121 Å². The first-order chi connectivity index (χ1) is 9.99. The molecule has 2 heterocycles. The number of carboxylic acid groups (broad SMARTS) is 1. The molecule has 0 bridgehead atoms. The summed E-state index contributed by atoms with van der Waals surface area (Å²) in [5.74, 6) is -1.46. The van der Waals surface area contributed by atoms with Gasteiger partial charge in [0.1, 0.15) is 17.5 Å². The van der Waals surface area contributed by atoms with Crippen LogP contribution in [-0.2, 0) is 20.6 Å². The van der Waals surface area contributed by atoms with Crippen LogP contribution in [-0.4, -0.2) is 41.5 Å². The first kappa shape index (κ1) is 14.0. The fraction of sp³-hybridized carbons (Fsp3) is 0.385. The molecule has 1 aromatic carbocycles. The van der Waals surface area contributed by atoms with Gasteiger partial charge in [0.05, 0.1) is 0 Å². The Morgan fingerprint density at radius 1 is 1.43 bits per heavy atom. The van der Waals surface area contributed by atoms with Crippen molar-refractivity contribution in [2.45, 2.75) is 24.6 Å². The second kappa shape index (κ2) is 5.12. The fourth-order valence-corrected chi connectivity index (χ4v) is 4.33. The highest BCUT2D eigenvalue weighted by Gasteiger charge is 2.39. The van der Waals surface area contributed by atoms with Crippen LogP contribution < -0.4 is 0 Å². The number of sulfonamides is 1. The Bertz CT molecular complexity index is 783. The molecule has 1 unspecified atom stereocenters. The molecule has 1 atom stereocenters. The molecule has 0 radical (unpaired) electrons. The Morgan fingerprint density at radius 3 is 2.95 bits per heavy atom. The molecule has 3 rings (SSSR count). The lowest BCUT2D eigenvalue weighted by Crippen LogP contribution is -2.41. The monoisotopic (exact) mass is 310 g/mol. The van der Waals surface area contributed by atoms with Crippen LogP contribution >= 0.6 is 0 Å². The highest BCUT2D eigenvalue weighted by Crippen LogP contribution is 2.26. The van der Waals surface area contributed by atoms with Crippen molar-refractivity contribution >= 4 is 27.0 Å². The lowest BCUT2D eigenvalue weighted by atomic mass is 10.2. The molecule has 112 valence electrons. The number of aromatic nitrogens is 1. The van der Waals surface area contributed by atoms with Gasteiger partial charge >= 0.3 is 5.97 Å². The number of hydrogen-bond donors (Lipinski definition) is 1. The topological polar surface area (TPSA) is 101 Å². The van der Waals surface area contributed by atoms with E-state index in [1.807, 2.05) is 0 Å². The van der Waals surface area contributed by atoms with Gasteiger partial charge in [-0.25, -0.2) is 8.42 Å². The minimum atomic E-state index is -3.74. The minimum Gasteiger partial charge on any atom is -0.480 e. The van der Waals surface area contributed by atoms with E-state index in [0.29, 0.717) is 29.5 Å². The molecule has 1 aliphatic heterocycles. The number of aliphatic carboxylic acids is 1. The average Bonchev–Trinajstić information content (AvgIpc) is 3.06. The third-order valence-electron chi connectivity index (χ3n) is 3.62. The van der Waals surface area contributed by atoms with Crippen LogP contribution in [0.2, 0.25) is 0 Å². The number of nitrogens with zero attached hydrogens (tertiary/aromatic N) is 2. The Kier molecular flexibility index (Phi) is 3.42. The summed E-state index contributed by atoms with van der Waals surface area (Å²) in [5.41, 5.74) is 0.820. The molecule has 0 aliphatic carbocycles. The van der Waals surface area contributed by atoms with Crippen LogP contribution in [0.1, 0.15) is 18.5 Å². The largest absolute Gasteiger partial charge is 0.480 e. The molecular weight excluding hydrogens is 296 g/mol. The molecule has 21 heavy (non-hydrogen) atoms. The van der Waals surface area contributed by atoms with Crippen LogP contribution in [0, 0.1) is 0 Å². The van der Waals surface area contributed by atoms with Crippen molar-refractivity contribution in [1.82, 2.24) is 9.46 Å². The predicted octanol–water partition coefficient (Wildman–Crippen LogP) is 1.21. The number of rotatable bonds is 4. The molecule has 1 aromatic heterocycles. The van der Waals surface area contributed by atoms with Gasteiger partial charge in [-0.1, -0.05) is 17.3 Å². The van der Waals surface area contributed by atoms with Crippen molar-refractivity contribution in [2.24, 2.45) is 0 Å². The SMILES string of the molecule is O=C(O)C1CCCN1S(=O)(=O)Cc1noc2ccccc12. The number of hydrogen-bond acceptors (Lipinski definition) is 5. The van der Waals surface area contributed by atoms with E-state index >= 15 is 0 Å². The van der Waals surface area contributed by atoms with Crippen LogP contribution in [0.4, 0.5) is 0 Å². The molecule has 1 fully saturated rings. The number of para-hydroxylation sites is 1. The van der Waals surface area contributed by atoms with Crippen molar-refractivity contribution < 1.29 is 22.8 Å². The van der Waals surface area contributed by atoms with Crippen LogP contribution in [0.5, 0.6) is 0 Å². The molecular formula is C13H14N2O5S. The van der Waals surface area contributed by atoms with Gasteiger partial charge in [0.15, 0.2) is 5.58 Å². The highest BCUT2D eigenvalue weighted by molar-refractivity contribution is 7.88. The van der Waals surface area contributed by atoms with Gasteiger partial charge in [-0.15, -0.1) is 0 Å². The van der Waals surface area contributed by atoms with Crippen molar-refractivity contribution in [3.05, 3.63) is 30.0 Å². The normalized spacial score (nSPS) is 20.1. The second-order valence-electron chi connectivity index (χ2n) is 4.99.